The first-order chi connectivity index (χ1) is 11.8. The standard InChI is InChI=1S/C15H19F3N4O3/c16-15(17,18)3-6-25-14(24)10(8-19)13-21-11(7-12(23)22-13)9-1-4-20-5-2-9/h7-9,20H,1-6,19H2,(H,21,22,23). The van der Waals surface area contributed by atoms with Crippen molar-refractivity contribution in [2.45, 2.75) is 31.4 Å². The van der Waals surface area contributed by atoms with Gasteiger partial charge in [0.05, 0.1) is 12.1 Å². The summed E-state index contributed by atoms with van der Waals surface area (Å²) in [5.41, 5.74) is 5.15. The van der Waals surface area contributed by atoms with Crippen LogP contribution in [0.1, 0.15) is 36.7 Å². The minimum atomic E-state index is -4.44. The highest BCUT2D eigenvalue weighted by Crippen LogP contribution is 2.24. The van der Waals surface area contributed by atoms with E-state index in [0.29, 0.717) is 5.69 Å². The summed E-state index contributed by atoms with van der Waals surface area (Å²) in [5.74, 6) is -1.12. The molecule has 1 aliphatic heterocycles. The van der Waals surface area contributed by atoms with Crippen molar-refractivity contribution >= 4 is 11.5 Å². The average molecular weight is 360 g/mol. The minimum absolute atomic E-state index is 0.0579. The maximum Gasteiger partial charge on any atom is 0.392 e. The number of ether oxygens (including phenoxy) is 1. The van der Waals surface area contributed by atoms with Crippen LogP contribution in [0.5, 0.6) is 0 Å². The van der Waals surface area contributed by atoms with Gasteiger partial charge in [0.2, 0.25) is 0 Å². The average Bonchev–Trinajstić information content (AvgIpc) is 2.54. The molecule has 0 aromatic carbocycles. The van der Waals surface area contributed by atoms with Crippen LogP contribution in [-0.2, 0) is 9.53 Å². The molecule has 0 amide bonds. The maximum atomic E-state index is 12.1. The number of rotatable bonds is 5. The Labute approximate surface area is 141 Å². The summed E-state index contributed by atoms with van der Waals surface area (Å²) in [4.78, 5) is 30.4. The molecule has 1 aliphatic rings. The van der Waals surface area contributed by atoms with Gasteiger partial charge in [-0.05, 0) is 25.9 Å². The topological polar surface area (TPSA) is 110 Å². The van der Waals surface area contributed by atoms with Crippen LogP contribution in [0.15, 0.2) is 17.1 Å². The number of esters is 1. The number of aromatic amines is 1. The van der Waals surface area contributed by atoms with E-state index in [4.69, 9.17) is 5.73 Å². The van der Waals surface area contributed by atoms with Crippen LogP contribution >= 0.6 is 0 Å². The van der Waals surface area contributed by atoms with Crippen LogP contribution in [0.3, 0.4) is 0 Å². The molecule has 1 saturated heterocycles. The predicted molar refractivity (Wildman–Crippen MR) is 83.5 cm³/mol. The number of nitrogens with one attached hydrogen (secondary N) is 2. The largest absolute Gasteiger partial charge is 0.462 e. The Morgan fingerprint density at radius 2 is 2.08 bits per heavy atom. The molecule has 1 aromatic rings. The highest BCUT2D eigenvalue weighted by molar-refractivity contribution is 6.15. The van der Waals surface area contributed by atoms with Crippen LogP contribution in [0.25, 0.3) is 5.57 Å². The summed E-state index contributed by atoms with van der Waals surface area (Å²) in [6.07, 6.45) is -3.27. The first-order valence-electron chi connectivity index (χ1n) is 7.78. The SMILES string of the molecule is NC=C(C(=O)OCCC(F)(F)F)c1nc(C2CCNCC2)cc(=O)[nH]1. The first-order valence-corrected chi connectivity index (χ1v) is 7.78. The number of hydrogen-bond acceptors (Lipinski definition) is 6. The van der Waals surface area contributed by atoms with Crippen molar-refractivity contribution in [2.75, 3.05) is 19.7 Å². The van der Waals surface area contributed by atoms with Crippen molar-refractivity contribution in [3.05, 3.63) is 34.1 Å². The van der Waals surface area contributed by atoms with Gasteiger partial charge in [-0.15, -0.1) is 0 Å². The lowest BCUT2D eigenvalue weighted by atomic mass is 9.94. The van der Waals surface area contributed by atoms with Crippen molar-refractivity contribution in [1.82, 2.24) is 15.3 Å². The number of hydrogen-bond donors (Lipinski definition) is 3. The van der Waals surface area contributed by atoms with Crippen LogP contribution in [0.4, 0.5) is 13.2 Å². The summed E-state index contributed by atoms with van der Waals surface area (Å²) in [6.45, 7) is 0.735. The molecular formula is C15H19F3N4O3. The van der Waals surface area contributed by atoms with Gasteiger partial charge in [0.1, 0.15) is 18.0 Å². The van der Waals surface area contributed by atoms with E-state index in [2.05, 4.69) is 20.0 Å². The van der Waals surface area contributed by atoms with E-state index in [1.807, 2.05) is 0 Å². The summed E-state index contributed by atoms with van der Waals surface area (Å²) >= 11 is 0. The fraction of sp³-hybridized carbons (Fsp3) is 0.533. The molecule has 0 saturated carbocycles. The summed E-state index contributed by atoms with van der Waals surface area (Å²) < 4.78 is 41.0. The molecule has 0 bridgehead atoms. The lowest BCUT2D eigenvalue weighted by molar-refractivity contribution is -0.154. The Hall–Kier alpha value is -2.36. The molecule has 1 aromatic heterocycles. The van der Waals surface area contributed by atoms with E-state index in [-0.39, 0.29) is 17.3 Å². The zero-order valence-corrected chi connectivity index (χ0v) is 13.4. The quantitative estimate of drug-likeness (QED) is 0.534. The molecular weight excluding hydrogens is 341 g/mol. The van der Waals surface area contributed by atoms with E-state index in [9.17, 15) is 22.8 Å². The van der Waals surface area contributed by atoms with Gasteiger partial charge in [0.15, 0.2) is 0 Å². The summed E-state index contributed by atoms with van der Waals surface area (Å²) in [5, 5.41) is 3.19. The molecule has 2 rings (SSSR count). The third-order valence-corrected chi connectivity index (χ3v) is 3.78. The number of alkyl halides is 3. The van der Waals surface area contributed by atoms with Gasteiger partial charge in [0.25, 0.3) is 5.56 Å². The second-order valence-electron chi connectivity index (χ2n) is 5.62. The molecule has 0 aliphatic carbocycles. The number of halogens is 3. The lowest BCUT2D eigenvalue weighted by Crippen LogP contribution is -2.28. The first kappa shape index (κ1) is 19.0. The predicted octanol–water partition coefficient (Wildman–Crippen LogP) is 1.03. The fourth-order valence-corrected chi connectivity index (χ4v) is 2.51. The van der Waals surface area contributed by atoms with Crippen molar-refractivity contribution < 1.29 is 22.7 Å². The zero-order chi connectivity index (χ0) is 18.4. The third kappa shape index (κ3) is 5.59. The van der Waals surface area contributed by atoms with Crippen molar-refractivity contribution in [3.8, 4) is 0 Å². The number of carbonyl (C=O) groups is 1. The normalized spacial score (nSPS) is 16.7. The van der Waals surface area contributed by atoms with E-state index in [1.165, 1.54) is 6.07 Å². The molecule has 25 heavy (non-hydrogen) atoms. The molecule has 0 radical (unpaired) electrons. The number of nitrogens with two attached hydrogens (primary N) is 1. The van der Waals surface area contributed by atoms with Gasteiger partial charge in [-0.1, -0.05) is 0 Å². The van der Waals surface area contributed by atoms with E-state index >= 15 is 0 Å². The van der Waals surface area contributed by atoms with Gasteiger partial charge in [0, 0.05) is 18.2 Å². The van der Waals surface area contributed by atoms with E-state index in [0.717, 1.165) is 32.1 Å². The molecule has 4 N–H and O–H groups in total. The number of carbonyl (C=O) groups excluding carboxylic acids is 1. The molecule has 0 atom stereocenters. The van der Waals surface area contributed by atoms with Gasteiger partial charge < -0.3 is 20.8 Å². The Morgan fingerprint density at radius 3 is 2.68 bits per heavy atom. The third-order valence-electron chi connectivity index (χ3n) is 3.78. The minimum Gasteiger partial charge on any atom is -0.462 e. The summed E-state index contributed by atoms with van der Waals surface area (Å²) in [6, 6.07) is 1.35. The number of piperidine rings is 1. The number of nitrogens with zero attached hydrogens (tertiary/aromatic N) is 1. The van der Waals surface area contributed by atoms with Crippen LogP contribution in [0.2, 0.25) is 0 Å². The highest BCUT2D eigenvalue weighted by Gasteiger charge is 2.28. The molecule has 2 heterocycles. The zero-order valence-electron chi connectivity index (χ0n) is 13.4. The van der Waals surface area contributed by atoms with Gasteiger partial charge in [-0.3, -0.25) is 4.79 Å². The second-order valence-corrected chi connectivity index (χ2v) is 5.62. The Bertz CT molecular complexity index is 694. The number of aromatic nitrogens is 2. The van der Waals surface area contributed by atoms with Crippen molar-refractivity contribution in [2.24, 2.45) is 5.73 Å². The van der Waals surface area contributed by atoms with E-state index in [1.54, 1.807) is 0 Å². The Balaban J connectivity index is 2.15. The molecule has 138 valence electrons. The fourth-order valence-electron chi connectivity index (χ4n) is 2.51. The van der Waals surface area contributed by atoms with Crippen LogP contribution in [-0.4, -0.2) is 41.8 Å². The maximum absolute atomic E-state index is 12.1. The van der Waals surface area contributed by atoms with Gasteiger partial charge >= 0.3 is 12.1 Å². The van der Waals surface area contributed by atoms with Crippen molar-refractivity contribution in [1.29, 1.82) is 0 Å². The van der Waals surface area contributed by atoms with Gasteiger partial charge in [-0.2, -0.15) is 13.2 Å². The van der Waals surface area contributed by atoms with Crippen LogP contribution in [0, 0.1) is 0 Å². The smallest absolute Gasteiger partial charge is 0.392 e. The molecule has 1 fully saturated rings. The summed E-state index contributed by atoms with van der Waals surface area (Å²) in [7, 11) is 0. The molecule has 10 heteroatoms. The Kier molecular flexibility index (Phi) is 6.18. The lowest BCUT2D eigenvalue weighted by Gasteiger charge is -2.22. The monoisotopic (exact) mass is 360 g/mol. The van der Waals surface area contributed by atoms with Gasteiger partial charge in [-0.25, -0.2) is 9.78 Å². The Morgan fingerprint density at radius 1 is 1.40 bits per heavy atom. The van der Waals surface area contributed by atoms with Crippen LogP contribution < -0.4 is 16.6 Å². The van der Waals surface area contributed by atoms with E-state index < -0.39 is 30.7 Å². The number of H-pyrrole nitrogens is 1. The van der Waals surface area contributed by atoms with Crippen molar-refractivity contribution in [3.63, 3.8) is 0 Å². The highest BCUT2D eigenvalue weighted by atomic mass is 19.4. The molecule has 0 spiro atoms. The molecule has 0 unspecified atom stereocenters. The molecule has 7 nitrogen and oxygen atoms in total. The second kappa shape index (κ2) is 8.15.